The Morgan fingerprint density at radius 1 is 0.500 bits per heavy atom. The van der Waals surface area contributed by atoms with Crippen molar-refractivity contribution in [3.63, 3.8) is 0 Å². The highest BCUT2D eigenvalue weighted by atomic mass is 14.1. The molecule has 2 rings (SSSR count). The molecule has 0 aromatic rings. The molecule has 0 amide bonds. The molecule has 90 valence electrons. The van der Waals surface area contributed by atoms with Crippen molar-refractivity contribution >= 4 is 0 Å². The van der Waals surface area contributed by atoms with Gasteiger partial charge in [-0.15, -0.1) is 0 Å². The molecular formula is C16H26. The van der Waals surface area contributed by atoms with Crippen LogP contribution in [0.1, 0.15) is 77.0 Å². The predicted molar refractivity (Wildman–Crippen MR) is 71.6 cm³/mol. The summed E-state index contributed by atoms with van der Waals surface area (Å²) in [6, 6.07) is 0. The van der Waals surface area contributed by atoms with E-state index in [0.29, 0.717) is 0 Å². The van der Waals surface area contributed by atoms with Crippen molar-refractivity contribution in [3.8, 4) is 0 Å². The van der Waals surface area contributed by atoms with Crippen molar-refractivity contribution in [2.75, 3.05) is 0 Å². The molecule has 0 aliphatic heterocycles. The fourth-order valence-corrected chi connectivity index (χ4v) is 2.97. The lowest BCUT2D eigenvalue weighted by Crippen LogP contribution is -1.97. The van der Waals surface area contributed by atoms with Crippen molar-refractivity contribution in [1.82, 2.24) is 0 Å². The molecule has 16 heavy (non-hydrogen) atoms. The Hall–Kier alpha value is -0.520. The van der Waals surface area contributed by atoms with Crippen molar-refractivity contribution in [1.29, 1.82) is 0 Å². The van der Waals surface area contributed by atoms with Gasteiger partial charge in [-0.05, 0) is 62.5 Å². The van der Waals surface area contributed by atoms with Crippen LogP contribution in [0.5, 0.6) is 0 Å². The van der Waals surface area contributed by atoms with E-state index in [9.17, 15) is 0 Å². The number of hydrogen-bond donors (Lipinski definition) is 0. The van der Waals surface area contributed by atoms with Crippen LogP contribution in [-0.2, 0) is 0 Å². The van der Waals surface area contributed by atoms with E-state index in [1.807, 2.05) is 0 Å². The van der Waals surface area contributed by atoms with E-state index in [0.717, 1.165) is 0 Å². The molecule has 0 nitrogen and oxygen atoms in total. The van der Waals surface area contributed by atoms with Crippen LogP contribution < -0.4 is 0 Å². The van der Waals surface area contributed by atoms with Crippen LogP contribution in [0.3, 0.4) is 0 Å². The highest BCUT2D eigenvalue weighted by Gasteiger charge is 2.08. The van der Waals surface area contributed by atoms with Crippen LogP contribution >= 0.6 is 0 Å². The van der Waals surface area contributed by atoms with Gasteiger partial charge in [-0.3, -0.25) is 0 Å². The highest BCUT2D eigenvalue weighted by molar-refractivity contribution is 5.31. The van der Waals surface area contributed by atoms with Crippen LogP contribution in [-0.4, -0.2) is 0 Å². The first kappa shape index (κ1) is 12.0. The number of rotatable bonds is 1. The second kappa shape index (κ2) is 6.93. The molecule has 0 fully saturated rings. The zero-order valence-corrected chi connectivity index (χ0v) is 10.6. The van der Waals surface area contributed by atoms with Gasteiger partial charge in [-0.25, -0.2) is 0 Å². The number of allylic oxidation sites excluding steroid dienone is 4. The second-order valence-electron chi connectivity index (χ2n) is 5.36. The first-order chi connectivity index (χ1) is 7.97. The monoisotopic (exact) mass is 218 g/mol. The molecule has 0 aromatic carbocycles. The fourth-order valence-electron chi connectivity index (χ4n) is 2.97. The normalized spacial score (nSPS) is 31.0. The molecule has 0 unspecified atom stereocenters. The van der Waals surface area contributed by atoms with Gasteiger partial charge in [-0.2, -0.15) is 0 Å². The van der Waals surface area contributed by atoms with E-state index in [-0.39, 0.29) is 0 Å². The van der Waals surface area contributed by atoms with Crippen LogP contribution in [0, 0.1) is 0 Å². The Morgan fingerprint density at radius 3 is 1.44 bits per heavy atom. The maximum Gasteiger partial charge on any atom is -0.0279 e. The summed E-state index contributed by atoms with van der Waals surface area (Å²) in [5, 5.41) is 0. The Morgan fingerprint density at radius 2 is 0.938 bits per heavy atom. The molecule has 0 heteroatoms. The molecule has 2 aliphatic rings. The minimum Gasteiger partial charge on any atom is -0.0811 e. The first-order valence-corrected chi connectivity index (χ1v) is 7.35. The lowest BCUT2D eigenvalue weighted by molar-refractivity contribution is 0.605. The summed E-state index contributed by atoms with van der Waals surface area (Å²) in [6.45, 7) is 0. The Kier molecular flexibility index (Phi) is 5.18. The minimum atomic E-state index is 1.33. The minimum absolute atomic E-state index is 1.33. The summed E-state index contributed by atoms with van der Waals surface area (Å²) in [4.78, 5) is 0. The standard InChI is InChI=1S/C16H26/c1-3-7-11-15(12-8-4-1)16-13-9-5-2-6-10-14-16/h11,13H,1-10,12,14H2/b15-11-,16-13+. The molecule has 0 heterocycles. The molecule has 0 aromatic heterocycles. The molecule has 0 saturated carbocycles. The maximum atomic E-state index is 2.55. The SMILES string of the molecule is C1=C(\C2=C\CCCCCC2)CCCCCC/1. The molecule has 0 bridgehead atoms. The summed E-state index contributed by atoms with van der Waals surface area (Å²) in [6.07, 6.45) is 21.9. The van der Waals surface area contributed by atoms with E-state index in [4.69, 9.17) is 0 Å². The lowest BCUT2D eigenvalue weighted by atomic mass is 9.89. The summed E-state index contributed by atoms with van der Waals surface area (Å²) >= 11 is 0. The van der Waals surface area contributed by atoms with Crippen molar-refractivity contribution in [2.24, 2.45) is 0 Å². The third-order valence-corrected chi connectivity index (χ3v) is 3.99. The largest absolute Gasteiger partial charge is 0.0811 e. The van der Waals surface area contributed by atoms with Gasteiger partial charge in [0.05, 0.1) is 0 Å². The summed E-state index contributed by atoms with van der Waals surface area (Å²) in [7, 11) is 0. The second-order valence-corrected chi connectivity index (χ2v) is 5.36. The van der Waals surface area contributed by atoms with Gasteiger partial charge in [0.25, 0.3) is 0 Å². The Labute approximate surface area is 101 Å². The zero-order chi connectivity index (χ0) is 11.1. The predicted octanol–water partition coefficient (Wildman–Crippen LogP) is 5.55. The van der Waals surface area contributed by atoms with E-state index >= 15 is 0 Å². The average Bonchev–Trinajstić information content (AvgIpc) is 2.18. The topological polar surface area (TPSA) is 0 Å². The van der Waals surface area contributed by atoms with Gasteiger partial charge in [0.2, 0.25) is 0 Å². The number of hydrogen-bond acceptors (Lipinski definition) is 0. The summed E-state index contributed by atoms with van der Waals surface area (Å²) in [5.41, 5.74) is 3.42. The first-order valence-electron chi connectivity index (χ1n) is 7.35. The highest BCUT2D eigenvalue weighted by Crippen LogP contribution is 2.28. The van der Waals surface area contributed by atoms with Crippen LogP contribution in [0.15, 0.2) is 23.3 Å². The average molecular weight is 218 g/mol. The third-order valence-electron chi connectivity index (χ3n) is 3.99. The Balaban J connectivity index is 2.01. The Bertz CT molecular complexity index is 229. The van der Waals surface area contributed by atoms with Gasteiger partial charge in [0.15, 0.2) is 0 Å². The van der Waals surface area contributed by atoms with Gasteiger partial charge in [-0.1, -0.05) is 37.8 Å². The van der Waals surface area contributed by atoms with Gasteiger partial charge < -0.3 is 0 Å². The lowest BCUT2D eigenvalue weighted by Gasteiger charge is -2.17. The zero-order valence-electron chi connectivity index (χ0n) is 10.6. The smallest absolute Gasteiger partial charge is 0.0279 e. The van der Waals surface area contributed by atoms with Gasteiger partial charge >= 0.3 is 0 Å². The summed E-state index contributed by atoms with van der Waals surface area (Å²) in [5.74, 6) is 0. The maximum absolute atomic E-state index is 2.55. The van der Waals surface area contributed by atoms with Crippen LogP contribution in [0.2, 0.25) is 0 Å². The van der Waals surface area contributed by atoms with Gasteiger partial charge in [0.1, 0.15) is 0 Å². The molecule has 0 saturated heterocycles. The van der Waals surface area contributed by atoms with Crippen LogP contribution in [0.25, 0.3) is 0 Å². The van der Waals surface area contributed by atoms with E-state index in [1.54, 1.807) is 11.1 Å². The summed E-state index contributed by atoms with van der Waals surface area (Å²) < 4.78 is 0. The molecule has 0 spiro atoms. The fraction of sp³-hybridized carbons (Fsp3) is 0.750. The van der Waals surface area contributed by atoms with E-state index in [1.165, 1.54) is 77.0 Å². The molecular weight excluding hydrogens is 192 g/mol. The van der Waals surface area contributed by atoms with Crippen LogP contribution in [0.4, 0.5) is 0 Å². The van der Waals surface area contributed by atoms with E-state index < -0.39 is 0 Å². The molecule has 0 radical (unpaired) electrons. The quantitative estimate of drug-likeness (QED) is 0.541. The molecule has 0 N–H and O–H groups in total. The van der Waals surface area contributed by atoms with Crippen molar-refractivity contribution in [2.45, 2.75) is 77.0 Å². The third kappa shape index (κ3) is 3.81. The molecule has 2 aliphatic carbocycles. The van der Waals surface area contributed by atoms with Gasteiger partial charge in [0, 0.05) is 0 Å². The van der Waals surface area contributed by atoms with Crippen molar-refractivity contribution < 1.29 is 0 Å². The van der Waals surface area contributed by atoms with E-state index in [2.05, 4.69) is 12.2 Å². The molecule has 0 atom stereocenters. The van der Waals surface area contributed by atoms with Crippen molar-refractivity contribution in [3.05, 3.63) is 23.3 Å².